The van der Waals surface area contributed by atoms with Gasteiger partial charge in [-0.2, -0.15) is 5.10 Å². The van der Waals surface area contributed by atoms with Crippen LogP contribution in [0.5, 0.6) is 0 Å². The number of fused-ring (bicyclic) bond motifs is 1. The molecule has 8 heteroatoms. The number of nitrogens with one attached hydrogen (secondary N) is 2. The Hall–Kier alpha value is -3.39. The van der Waals surface area contributed by atoms with Crippen LogP contribution in [0.2, 0.25) is 0 Å². The third kappa shape index (κ3) is 3.34. The maximum absolute atomic E-state index is 14.3. The summed E-state index contributed by atoms with van der Waals surface area (Å²) in [6.07, 6.45) is -1.24. The van der Waals surface area contributed by atoms with E-state index in [-0.39, 0.29) is 11.3 Å². The van der Waals surface area contributed by atoms with Gasteiger partial charge in [0.2, 0.25) is 0 Å². The van der Waals surface area contributed by atoms with Crippen molar-refractivity contribution in [2.24, 2.45) is 0 Å². The van der Waals surface area contributed by atoms with Gasteiger partial charge in [-0.25, -0.2) is 18.7 Å². The molecule has 0 bridgehead atoms. The molecule has 2 aromatic carbocycles. The Bertz CT molecular complexity index is 1110. The van der Waals surface area contributed by atoms with E-state index < -0.39 is 17.7 Å². The molecule has 3 N–H and O–H groups in total. The van der Waals surface area contributed by atoms with Crippen molar-refractivity contribution in [1.82, 2.24) is 20.2 Å². The molecule has 0 radical (unpaired) electrons. The zero-order chi connectivity index (χ0) is 19.0. The van der Waals surface area contributed by atoms with Crippen LogP contribution in [-0.2, 0) is 0 Å². The minimum absolute atomic E-state index is 0.00559. The second-order valence-electron chi connectivity index (χ2n) is 6.08. The number of halogens is 2. The smallest absolute Gasteiger partial charge is 0.164 e. The van der Waals surface area contributed by atoms with Crippen LogP contribution in [0.25, 0.3) is 10.9 Å². The van der Waals surface area contributed by atoms with Crippen LogP contribution in [0.3, 0.4) is 0 Å². The topological polar surface area (TPSA) is 86.7 Å². The van der Waals surface area contributed by atoms with Gasteiger partial charge in [-0.1, -0.05) is 18.2 Å². The summed E-state index contributed by atoms with van der Waals surface area (Å²) in [7, 11) is 0. The Morgan fingerprint density at radius 1 is 1.07 bits per heavy atom. The number of rotatable bonds is 4. The summed E-state index contributed by atoms with van der Waals surface area (Å²) in [6, 6.07) is 11.6. The van der Waals surface area contributed by atoms with Crippen molar-refractivity contribution in [3.63, 3.8) is 0 Å². The van der Waals surface area contributed by atoms with Gasteiger partial charge in [0.1, 0.15) is 29.1 Å². The fourth-order valence-corrected chi connectivity index (χ4v) is 2.75. The molecule has 2 heterocycles. The first kappa shape index (κ1) is 17.0. The van der Waals surface area contributed by atoms with Gasteiger partial charge in [-0.3, -0.25) is 5.10 Å². The zero-order valence-corrected chi connectivity index (χ0v) is 14.2. The van der Waals surface area contributed by atoms with E-state index in [9.17, 15) is 13.9 Å². The number of aromatic nitrogens is 4. The number of aromatic amines is 1. The predicted octanol–water partition coefficient (Wildman–Crippen LogP) is 3.76. The summed E-state index contributed by atoms with van der Waals surface area (Å²) < 4.78 is 27.5. The molecule has 0 fully saturated rings. The van der Waals surface area contributed by atoms with Gasteiger partial charge in [0.15, 0.2) is 11.6 Å². The third-order valence-electron chi connectivity index (χ3n) is 4.08. The van der Waals surface area contributed by atoms with Crippen molar-refractivity contribution in [1.29, 1.82) is 0 Å². The number of aliphatic hydroxyl groups excluding tert-OH is 1. The van der Waals surface area contributed by atoms with Crippen LogP contribution in [0.1, 0.15) is 23.2 Å². The molecule has 0 spiro atoms. The van der Waals surface area contributed by atoms with Gasteiger partial charge in [-0.15, -0.1) is 0 Å². The molecule has 0 aliphatic heterocycles. The molecule has 0 aliphatic rings. The number of hydrogen-bond donors (Lipinski definition) is 3. The molecule has 6 nitrogen and oxygen atoms in total. The highest BCUT2D eigenvalue weighted by atomic mass is 19.1. The highest BCUT2D eigenvalue weighted by molar-refractivity contribution is 5.90. The lowest BCUT2D eigenvalue weighted by atomic mass is 10.1. The molecule has 0 amide bonds. The third-order valence-corrected chi connectivity index (χ3v) is 4.08. The quantitative estimate of drug-likeness (QED) is 0.511. The molecule has 2 aromatic heterocycles. The first-order valence-electron chi connectivity index (χ1n) is 8.20. The summed E-state index contributed by atoms with van der Waals surface area (Å²) in [5.74, 6) is -0.161. The summed E-state index contributed by atoms with van der Waals surface area (Å²) >= 11 is 0. The lowest BCUT2D eigenvalue weighted by Gasteiger charge is -2.14. The van der Waals surface area contributed by atoms with Crippen LogP contribution < -0.4 is 5.32 Å². The van der Waals surface area contributed by atoms with Gasteiger partial charge in [0.05, 0.1) is 0 Å². The monoisotopic (exact) mass is 367 g/mol. The molecule has 4 rings (SSSR count). The number of aryl methyl sites for hydroxylation is 1. The number of anilines is 2. The second-order valence-corrected chi connectivity index (χ2v) is 6.08. The van der Waals surface area contributed by atoms with Crippen LogP contribution in [0.4, 0.5) is 20.4 Å². The van der Waals surface area contributed by atoms with Gasteiger partial charge in [-0.05, 0) is 36.8 Å². The van der Waals surface area contributed by atoms with Gasteiger partial charge in [0, 0.05) is 17.1 Å². The van der Waals surface area contributed by atoms with E-state index in [0.717, 1.165) is 5.69 Å². The van der Waals surface area contributed by atoms with E-state index in [0.29, 0.717) is 22.6 Å². The highest BCUT2D eigenvalue weighted by Gasteiger charge is 2.19. The van der Waals surface area contributed by atoms with Crippen LogP contribution in [0, 0.1) is 18.6 Å². The first-order valence-corrected chi connectivity index (χ1v) is 8.20. The molecule has 0 unspecified atom stereocenters. The summed E-state index contributed by atoms with van der Waals surface area (Å²) in [5, 5.41) is 21.0. The van der Waals surface area contributed by atoms with Crippen LogP contribution in [-0.4, -0.2) is 25.3 Å². The molecule has 0 saturated carbocycles. The van der Waals surface area contributed by atoms with Crippen molar-refractivity contribution in [3.8, 4) is 0 Å². The number of H-pyrrole nitrogens is 1. The van der Waals surface area contributed by atoms with Gasteiger partial charge < -0.3 is 10.4 Å². The predicted molar refractivity (Wildman–Crippen MR) is 96.6 cm³/mol. The molecule has 136 valence electrons. The van der Waals surface area contributed by atoms with Gasteiger partial charge >= 0.3 is 0 Å². The Kier molecular flexibility index (Phi) is 4.25. The fraction of sp³-hybridized carbons (Fsp3) is 0.105. The number of nitrogens with zero attached hydrogens (tertiary/aromatic N) is 3. The number of hydrogen-bond acceptors (Lipinski definition) is 5. The summed E-state index contributed by atoms with van der Waals surface area (Å²) in [5.41, 5.74) is 1.31. The Morgan fingerprint density at radius 2 is 1.85 bits per heavy atom. The van der Waals surface area contributed by atoms with Crippen LogP contribution >= 0.6 is 0 Å². The van der Waals surface area contributed by atoms with Crippen molar-refractivity contribution in [3.05, 3.63) is 77.2 Å². The maximum atomic E-state index is 14.3. The molecule has 1 atom stereocenters. The first-order chi connectivity index (χ1) is 13.0. The van der Waals surface area contributed by atoms with Crippen molar-refractivity contribution < 1.29 is 13.9 Å². The second kappa shape index (κ2) is 6.73. The lowest BCUT2D eigenvalue weighted by Crippen LogP contribution is -2.09. The van der Waals surface area contributed by atoms with E-state index in [1.54, 1.807) is 18.2 Å². The summed E-state index contributed by atoms with van der Waals surface area (Å²) in [6.45, 7) is 1.85. The Morgan fingerprint density at radius 3 is 2.56 bits per heavy atom. The van der Waals surface area contributed by atoms with Crippen molar-refractivity contribution in [2.75, 3.05) is 5.32 Å². The number of para-hydroxylation sites is 1. The minimum atomic E-state index is -1.24. The molecule has 0 aliphatic carbocycles. The molecular formula is C19H15F2N5O. The van der Waals surface area contributed by atoms with E-state index in [1.165, 1.54) is 30.3 Å². The molecule has 4 aromatic rings. The van der Waals surface area contributed by atoms with E-state index >= 15 is 0 Å². The van der Waals surface area contributed by atoms with Crippen molar-refractivity contribution >= 4 is 22.5 Å². The van der Waals surface area contributed by atoms with Crippen LogP contribution in [0.15, 0.2) is 48.5 Å². The lowest BCUT2D eigenvalue weighted by molar-refractivity contribution is 0.210. The van der Waals surface area contributed by atoms with E-state index in [2.05, 4.69) is 25.5 Å². The van der Waals surface area contributed by atoms with Crippen molar-refractivity contribution in [2.45, 2.75) is 13.0 Å². The normalized spacial score (nSPS) is 12.3. The van der Waals surface area contributed by atoms with Gasteiger partial charge in [0.25, 0.3) is 0 Å². The fourth-order valence-electron chi connectivity index (χ4n) is 2.75. The van der Waals surface area contributed by atoms with E-state index in [4.69, 9.17) is 0 Å². The maximum Gasteiger partial charge on any atom is 0.164 e. The average molecular weight is 367 g/mol. The van der Waals surface area contributed by atoms with E-state index in [1.807, 2.05) is 6.92 Å². The number of aliphatic hydroxyl groups is 1. The SMILES string of the molecule is Cc1cc(Nc2nc([C@@H](O)c3ccc(F)cc3)nc3c(F)cccc23)n[nH]1. The standard InChI is InChI=1S/C19H15F2N5O/c1-10-9-15(26-25-10)22-18-13-3-2-4-14(21)16(13)23-19(24-18)17(27)11-5-7-12(20)8-6-11/h2-9,17,27H,1H3,(H2,22,23,24,25,26)/t17-/m0/s1. The number of benzene rings is 2. The summed E-state index contributed by atoms with van der Waals surface area (Å²) in [4.78, 5) is 8.54. The molecular weight excluding hydrogens is 352 g/mol. The Balaban J connectivity index is 1.83. The minimum Gasteiger partial charge on any atom is -0.380 e. The highest BCUT2D eigenvalue weighted by Crippen LogP contribution is 2.28. The average Bonchev–Trinajstić information content (AvgIpc) is 3.07. The molecule has 27 heavy (non-hydrogen) atoms. The largest absolute Gasteiger partial charge is 0.380 e. The Labute approximate surface area is 152 Å². The zero-order valence-electron chi connectivity index (χ0n) is 14.2. The molecule has 0 saturated heterocycles.